The van der Waals surface area contributed by atoms with Gasteiger partial charge in [-0.25, -0.2) is 4.79 Å². The van der Waals surface area contributed by atoms with Gasteiger partial charge < -0.3 is 25.2 Å². The molecule has 1 aliphatic carbocycles. The molecule has 1 heterocycles. The predicted octanol–water partition coefficient (Wildman–Crippen LogP) is 3.83. The highest BCUT2D eigenvalue weighted by Crippen LogP contribution is 2.44. The maximum absolute atomic E-state index is 12.8. The van der Waals surface area contributed by atoms with Crippen LogP contribution in [0.2, 0.25) is 0 Å². The number of carbonyl (C=O) groups is 3. The number of carbonyl (C=O) groups excluding carboxylic acids is 2. The summed E-state index contributed by atoms with van der Waals surface area (Å²) in [7, 11) is 0. The van der Waals surface area contributed by atoms with Gasteiger partial charge in [0.15, 0.2) is 6.10 Å². The van der Waals surface area contributed by atoms with Crippen LogP contribution < -0.4 is 10.6 Å². The summed E-state index contributed by atoms with van der Waals surface area (Å²) in [5.74, 6) is -1.43. The number of hydrogen-bond acceptors (Lipinski definition) is 5. The fraction of sp³-hybridized carbons (Fsp3) is 0.444. The van der Waals surface area contributed by atoms with Gasteiger partial charge in [-0.15, -0.1) is 0 Å². The van der Waals surface area contributed by atoms with E-state index in [1.807, 2.05) is 31.2 Å². The van der Waals surface area contributed by atoms with Gasteiger partial charge in [0.2, 0.25) is 0 Å². The smallest absolute Gasteiger partial charge is 0.407 e. The van der Waals surface area contributed by atoms with Crippen molar-refractivity contribution in [3.8, 4) is 11.1 Å². The average molecular weight is 481 g/mol. The first-order chi connectivity index (χ1) is 17.0. The van der Waals surface area contributed by atoms with Gasteiger partial charge >= 0.3 is 12.1 Å². The van der Waals surface area contributed by atoms with Gasteiger partial charge in [-0.3, -0.25) is 9.59 Å². The SMILES string of the molecule is CCCCC(CC(=O)O)NC(=O)[C@@H]1OCC[C@@H]1NC(=O)OCC1c2ccccc2-c2ccccc21. The maximum Gasteiger partial charge on any atom is 0.407 e. The minimum atomic E-state index is -0.966. The quantitative estimate of drug-likeness (QED) is 0.476. The molecular weight excluding hydrogens is 448 g/mol. The zero-order valence-corrected chi connectivity index (χ0v) is 19.9. The Bertz CT molecular complexity index is 1030. The van der Waals surface area contributed by atoms with E-state index in [-0.39, 0.29) is 18.9 Å². The van der Waals surface area contributed by atoms with E-state index in [2.05, 4.69) is 34.9 Å². The highest BCUT2D eigenvalue weighted by Gasteiger charge is 2.37. The minimum absolute atomic E-state index is 0.0533. The highest BCUT2D eigenvalue weighted by atomic mass is 16.6. The lowest BCUT2D eigenvalue weighted by Crippen LogP contribution is -2.51. The van der Waals surface area contributed by atoms with Crippen LogP contribution in [-0.2, 0) is 19.1 Å². The number of ether oxygens (including phenoxy) is 2. The number of alkyl carbamates (subject to hydrolysis) is 1. The van der Waals surface area contributed by atoms with Crippen LogP contribution in [0.25, 0.3) is 11.1 Å². The molecule has 4 rings (SSSR count). The summed E-state index contributed by atoms with van der Waals surface area (Å²) in [6.45, 7) is 2.51. The molecule has 2 aromatic carbocycles. The number of aliphatic carboxylic acids is 1. The van der Waals surface area contributed by atoms with E-state index >= 15 is 0 Å². The summed E-state index contributed by atoms with van der Waals surface area (Å²) in [6, 6.07) is 15.2. The number of nitrogens with one attached hydrogen (secondary N) is 2. The summed E-state index contributed by atoms with van der Waals surface area (Å²) in [5, 5.41) is 14.7. The number of carboxylic acid groups (broad SMARTS) is 1. The molecule has 8 heteroatoms. The number of rotatable bonds is 10. The van der Waals surface area contributed by atoms with Crippen LogP contribution in [0.5, 0.6) is 0 Å². The number of fused-ring (bicyclic) bond motifs is 3. The molecule has 0 radical (unpaired) electrons. The molecule has 2 amide bonds. The van der Waals surface area contributed by atoms with Gasteiger partial charge in [0, 0.05) is 18.6 Å². The van der Waals surface area contributed by atoms with Crippen LogP contribution in [0.4, 0.5) is 4.79 Å². The highest BCUT2D eigenvalue weighted by molar-refractivity contribution is 5.84. The fourth-order valence-corrected chi connectivity index (χ4v) is 4.96. The fourth-order valence-electron chi connectivity index (χ4n) is 4.96. The van der Waals surface area contributed by atoms with Crippen LogP contribution in [0.15, 0.2) is 48.5 Å². The lowest BCUT2D eigenvalue weighted by Gasteiger charge is -2.23. The Morgan fingerprint density at radius 1 is 1.09 bits per heavy atom. The molecule has 2 aliphatic rings. The Morgan fingerprint density at radius 3 is 2.37 bits per heavy atom. The van der Waals surface area contributed by atoms with Crippen molar-refractivity contribution in [2.75, 3.05) is 13.2 Å². The van der Waals surface area contributed by atoms with Crippen molar-refractivity contribution in [3.63, 3.8) is 0 Å². The van der Waals surface area contributed by atoms with Gasteiger partial charge in [0.25, 0.3) is 5.91 Å². The first-order valence-electron chi connectivity index (χ1n) is 12.2. The molecule has 1 fully saturated rings. The molecule has 0 saturated carbocycles. The normalized spacial score (nSPS) is 19.5. The zero-order chi connectivity index (χ0) is 24.8. The average Bonchev–Trinajstić information content (AvgIpc) is 3.43. The van der Waals surface area contributed by atoms with E-state index in [4.69, 9.17) is 14.6 Å². The molecule has 186 valence electrons. The van der Waals surface area contributed by atoms with E-state index in [9.17, 15) is 14.4 Å². The lowest BCUT2D eigenvalue weighted by molar-refractivity contribution is -0.138. The van der Waals surface area contributed by atoms with Crippen molar-refractivity contribution >= 4 is 18.0 Å². The predicted molar refractivity (Wildman–Crippen MR) is 130 cm³/mol. The molecule has 3 atom stereocenters. The molecule has 1 unspecified atom stereocenters. The molecule has 1 aliphatic heterocycles. The molecule has 0 spiro atoms. The third kappa shape index (κ3) is 5.82. The standard InChI is InChI=1S/C27H32N2O6/c1-2-3-8-17(15-24(30)31)28-26(32)25-23(13-14-34-25)29-27(33)35-16-22-20-11-6-4-9-18(20)19-10-5-7-12-21(19)22/h4-7,9-12,17,22-23,25H,2-3,8,13-16H2,1H3,(H,28,32)(H,29,33)(H,30,31)/t17?,23-,25+/m0/s1. The molecule has 2 aromatic rings. The molecule has 0 aromatic heterocycles. The van der Waals surface area contributed by atoms with Crippen molar-refractivity contribution in [1.29, 1.82) is 0 Å². The van der Waals surface area contributed by atoms with Crippen molar-refractivity contribution in [2.45, 2.75) is 63.1 Å². The minimum Gasteiger partial charge on any atom is -0.481 e. The second-order valence-corrected chi connectivity index (χ2v) is 9.10. The number of benzene rings is 2. The first-order valence-corrected chi connectivity index (χ1v) is 12.2. The molecule has 0 bridgehead atoms. The largest absolute Gasteiger partial charge is 0.481 e. The van der Waals surface area contributed by atoms with Crippen LogP contribution in [0, 0.1) is 0 Å². The lowest BCUT2D eigenvalue weighted by atomic mass is 9.98. The molecule has 3 N–H and O–H groups in total. The molecule has 35 heavy (non-hydrogen) atoms. The molecule has 1 saturated heterocycles. The van der Waals surface area contributed by atoms with Crippen LogP contribution in [-0.4, -0.2) is 54.5 Å². The Hall–Kier alpha value is -3.39. The van der Waals surface area contributed by atoms with Crippen LogP contribution >= 0.6 is 0 Å². The second-order valence-electron chi connectivity index (χ2n) is 9.10. The monoisotopic (exact) mass is 480 g/mol. The Balaban J connectivity index is 1.34. The topological polar surface area (TPSA) is 114 Å². The molecule has 8 nitrogen and oxygen atoms in total. The van der Waals surface area contributed by atoms with Gasteiger partial charge in [-0.05, 0) is 35.1 Å². The van der Waals surface area contributed by atoms with E-state index < -0.39 is 36.2 Å². The van der Waals surface area contributed by atoms with Gasteiger partial charge in [-0.1, -0.05) is 68.3 Å². The number of unbranched alkanes of at least 4 members (excludes halogenated alkanes) is 1. The first kappa shape index (κ1) is 24.7. The summed E-state index contributed by atoms with van der Waals surface area (Å²) < 4.78 is 11.2. The van der Waals surface area contributed by atoms with E-state index in [1.165, 1.54) is 0 Å². The number of carboxylic acids is 1. The van der Waals surface area contributed by atoms with Crippen LogP contribution in [0.3, 0.4) is 0 Å². The van der Waals surface area contributed by atoms with Crippen molar-refractivity contribution in [3.05, 3.63) is 59.7 Å². The van der Waals surface area contributed by atoms with Crippen LogP contribution in [0.1, 0.15) is 56.1 Å². The molecular formula is C27H32N2O6. The van der Waals surface area contributed by atoms with Crippen molar-refractivity contribution < 1.29 is 29.0 Å². The van der Waals surface area contributed by atoms with Gasteiger partial charge in [0.1, 0.15) is 6.61 Å². The third-order valence-electron chi connectivity index (χ3n) is 6.67. The van der Waals surface area contributed by atoms with Gasteiger partial charge in [0.05, 0.1) is 12.5 Å². The second kappa shape index (κ2) is 11.4. The Morgan fingerprint density at radius 2 is 1.74 bits per heavy atom. The number of amides is 2. The van der Waals surface area contributed by atoms with E-state index in [0.29, 0.717) is 19.4 Å². The Labute approximate surface area is 205 Å². The summed E-state index contributed by atoms with van der Waals surface area (Å²) >= 11 is 0. The summed E-state index contributed by atoms with van der Waals surface area (Å²) in [5.41, 5.74) is 4.55. The maximum atomic E-state index is 12.8. The van der Waals surface area contributed by atoms with Crippen molar-refractivity contribution in [2.24, 2.45) is 0 Å². The van der Waals surface area contributed by atoms with Crippen molar-refractivity contribution in [1.82, 2.24) is 10.6 Å². The van der Waals surface area contributed by atoms with E-state index in [1.54, 1.807) is 0 Å². The summed E-state index contributed by atoms with van der Waals surface area (Å²) in [4.78, 5) is 36.6. The van der Waals surface area contributed by atoms with E-state index in [0.717, 1.165) is 35.1 Å². The Kier molecular flexibility index (Phi) is 8.02. The number of hydrogen-bond donors (Lipinski definition) is 3. The van der Waals surface area contributed by atoms with Gasteiger partial charge in [-0.2, -0.15) is 0 Å². The zero-order valence-electron chi connectivity index (χ0n) is 19.9. The third-order valence-corrected chi connectivity index (χ3v) is 6.67. The summed E-state index contributed by atoms with van der Waals surface area (Å²) in [6.07, 6.45) is 1.13.